The molecular weight excluding hydrogens is 226 g/mol. The van der Waals surface area contributed by atoms with E-state index in [2.05, 4.69) is 6.07 Å². The second-order valence-electron chi connectivity index (χ2n) is 6.11. The minimum absolute atomic E-state index is 0.0605. The minimum atomic E-state index is -0.850. The number of hydrogen-bond donors (Lipinski definition) is 1. The summed E-state index contributed by atoms with van der Waals surface area (Å²) in [5.41, 5.74) is -1.39. The van der Waals surface area contributed by atoms with E-state index >= 15 is 0 Å². The maximum Gasteiger partial charge on any atom is 0.0902 e. The third-order valence-corrected chi connectivity index (χ3v) is 5.06. The van der Waals surface area contributed by atoms with Gasteiger partial charge in [0, 0.05) is 18.9 Å². The molecule has 0 bridgehead atoms. The maximum atomic E-state index is 11.1. The van der Waals surface area contributed by atoms with Gasteiger partial charge in [-0.05, 0) is 12.8 Å². The molecule has 18 heavy (non-hydrogen) atoms. The number of nitriles is 1. The summed E-state index contributed by atoms with van der Waals surface area (Å²) in [6.45, 7) is 3.20. The molecule has 0 radical (unpaired) electrons. The summed E-state index contributed by atoms with van der Waals surface area (Å²) in [6, 6.07) is 2.52. The molecule has 2 atom stereocenters. The van der Waals surface area contributed by atoms with E-state index in [1.165, 1.54) is 19.3 Å². The van der Waals surface area contributed by atoms with Crippen molar-refractivity contribution in [2.75, 3.05) is 13.2 Å². The fourth-order valence-corrected chi connectivity index (χ4v) is 3.73. The third kappa shape index (κ3) is 2.29. The van der Waals surface area contributed by atoms with Gasteiger partial charge in [0.05, 0.1) is 23.7 Å². The molecule has 102 valence electrons. The van der Waals surface area contributed by atoms with Crippen LogP contribution in [0.15, 0.2) is 0 Å². The van der Waals surface area contributed by atoms with Gasteiger partial charge in [0.15, 0.2) is 0 Å². The van der Waals surface area contributed by atoms with Gasteiger partial charge >= 0.3 is 0 Å². The second kappa shape index (κ2) is 5.59. The largest absolute Gasteiger partial charge is 0.388 e. The molecule has 2 unspecified atom stereocenters. The molecule has 1 aliphatic heterocycles. The van der Waals surface area contributed by atoms with Crippen molar-refractivity contribution in [1.29, 1.82) is 5.26 Å². The van der Waals surface area contributed by atoms with Crippen LogP contribution in [0.25, 0.3) is 0 Å². The number of ether oxygens (including phenoxy) is 1. The molecule has 0 aromatic rings. The predicted molar refractivity (Wildman–Crippen MR) is 69.9 cm³/mol. The zero-order chi connectivity index (χ0) is 13.1. The minimum Gasteiger partial charge on any atom is -0.388 e. The van der Waals surface area contributed by atoms with Crippen molar-refractivity contribution in [1.82, 2.24) is 0 Å². The lowest BCUT2D eigenvalue weighted by Gasteiger charge is -2.49. The summed E-state index contributed by atoms with van der Waals surface area (Å²) in [7, 11) is 0. The summed E-state index contributed by atoms with van der Waals surface area (Å²) in [5, 5.41) is 20.9. The Hall–Kier alpha value is -0.590. The lowest BCUT2D eigenvalue weighted by atomic mass is 9.59. The molecule has 0 amide bonds. The monoisotopic (exact) mass is 251 g/mol. The van der Waals surface area contributed by atoms with Crippen molar-refractivity contribution in [2.24, 2.45) is 11.3 Å². The van der Waals surface area contributed by atoms with Gasteiger partial charge in [-0.1, -0.05) is 39.0 Å². The first-order chi connectivity index (χ1) is 8.65. The zero-order valence-corrected chi connectivity index (χ0v) is 11.5. The van der Waals surface area contributed by atoms with Crippen LogP contribution < -0.4 is 0 Å². The van der Waals surface area contributed by atoms with Crippen LogP contribution in [0.5, 0.6) is 0 Å². The van der Waals surface area contributed by atoms with Crippen LogP contribution in [0, 0.1) is 22.7 Å². The van der Waals surface area contributed by atoms with Crippen LogP contribution in [0.2, 0.25) is 0 Å². The van der Waals surface area contributed by atoms with Gasteiger partial charge in [0.1, 0.15) is 0 Å². The standard InChI is InChI=1S/C15H25NO2/c1-13-11-18-10-9-15(13,17)14(12-16)7-5-3-2-4-6-8-14/h13,17H,2-11H2,1H3. The fraction of sp³-hybridized carbons (Fsp3) is 0.933. The molecule has 1 saturated carbocycles. The third-order valence-electron chi connectivity index (χ3n) is 5.06. The van der Waals surface area contributed by atoms with Gasteiger partial charge < -0.3 is 9.84 Å². The van der Waals surface area contributed by atoms with Crippen LogP contribution in [0.3, 0.4) is 0 Å². The number of aliphatic hydroxyl groups is 1. The molecular formula is C15H25NO2. The Morgan fingerprint density at radius 1 is 1.11 bits per heavy atom. The normalized spacial score (nSPS) is 37.3. The van der Waals surface area contributed by atoms with Crippen molar-refractivity contribution < 1.29 is 9.84 Å². The molecule has 0 aromatic carbocycles. The molecule has 3 heteroatoms. The van der Waals surface area contributed by atoms with Gasteiger partial charge in [-0.3, -0.25) is 0 Å². The number of rotatable bonds is 1. The summed E-state index contributed by atoms with van der Waals surface area (Å²) in [5.74, 6) is 0.0605. The highest BCUT2D eigenvalue weighted by molar-refractivity contribution is 5.14. The molecule has 2 rings (SSSR count). The van der Waals surface area contributed by atoms with Crippen molar-refractivity contribution >= 4 is 0 Å². The lowest BCUT2D eigenvalue weighted by molar-refractivity contribution is -0.167. The molecule has 2 fully saturated rings. The van der Waals surface area contributed by atoms with E-state index < -0.39 is 11.0 Å². The first-order valence-electron chi connectivity index (χ1n) is 7.36. The van der Waals surface area contributed by atoms with Gasteiger partial charge in [0.2, 0.25) is 0 Å². The maximum absolute atomic E-state index is 11.1. The van der Waals surface area contributed by atoms with E-state index in [0.29, 0.717) is 19.6 Å². The van der Waals surface area contributed by atoms with Gasteiger partial charge in [0.25, 0.3) is 0 Å². The quantitative estimate of drug-likeness (QED) is 0.779. The Labute approximate surface area is 110 Å². The van der Waals surface area contributed by atoms with E-state index in [0.717, 1.165) is 25.7 Å². The zero-order valence-electron chi connectivity index (χ0n) is 11.5. The van der Waals surface area contributed by atoms with Crippen LogP contribution in [0.1, 0.15) is 58.3 Å². The molecule has 2 aliphatic rings. The highest BCUT2D eigenvalue weighted by Gasteiger charge is 2.54. The van der Waals surface area contributed by atoms with Gasteiger partial charge in [-0.15, -0.1) is 0 Å². The van der Waals surface area contributed by atoms with Gasteiger partial charge in [-0.2, -0.15) is 5.26 Å². The molecule has 1 aliphatic carbocycles. The Morgan fingerprint density at radius 2 is 1.72 bits per heavy atom. The topological polar surface area (TPSA) is 53.2 Å². The van der Waals surface area contributed by atoms with Crippen molar-refractivity contribution in [2.45, 2.75) is 63.9 Å². The average molecular weight is 251 g/mol. The Balaban J connectivity index is 2.25. The summed E-state index contributed by atoms with van der Waals surface area (Å²) in [4.78, 5) is 0. The highest BCUT2D eigenvalue weighted by atomic mass is 16.5. The Morgan fingerprint density at radius 3 is 2.28 bits per heavy atom. The lowest BCUT2D eigenvalue weighted by Crippen LogP contribution is -2.56. The molecule has 0 aromatic heterocycles. The fourth-order valence-electron chi connectivity index (χ4n) is 3.73. The SMILES string of the molecule is CC1COCCC1(O)C1(C#N)CCCCCCC1. The van der Waals surface area contributed by atoms with Crippen molar-refractivity contribution in [3.05, 3.63) is 0 Å². The molecule has 1 N–H and O–H groups in total. The summed E-state index contributed by atoms with van der Waals surface area (Å²) >= 11 is 0. The van der Waals surface area contributed by atoms with Crippen LogP contribution in [0.4, 0.5) is 0 Å². The van der Waals surface area contributed by atoms with Crippen molar-refractivity contribution in [3.63, 3.8) is 0 Å². The van der Waals surface area contributed by atoms with Gasteiger partial charge in [-0.25, -0.2) is 0 Å². The van der Waals surface area contributed by atoms with Crippen LogP contribution >= 0.6 is 0 Å². The van der Waals surface area contributed by atoms with Crippen molar-refractivity contribution in [3.8, 4) is 6.07 Å². The van der Waals surface area contributed by atoms with E-state index in [4.69, 9.17) is 4.74 Å². The highest BCUT2D eigenvalue weighted by Crippen LogP contribution is 2.49. The van der Waals surface area contributed by atoms with Crippen LogP contribution in [-0.2, 0) is 4.74 Å². The van der Waals surface area contributed by atoms with E-state index in [1.54, 1.807) is 0 Å². The first-order valence-corrected chi connectivity index (χ1v) is 7.36. The molecule has 1 heterocycles. The van der Waals surface area contributed by atoms with E-state index in [1.807, 2.05) is 6.92 Å². The molecule has 1 saturated heterocycles. The number of hydrogen-bond acceptors (Lipinski definition) is 3. The summed E-state index contributed by atoms with van der Waals surface area (Å²) < 4.78 is 5.44. The molecule has 3 nitrogen and oxygen atoms in total. The predicted octanol–water partition coefficient (Wildman–Crippen LogP) is 3.03. The molecule has 0 spiro atoms. The summed E-state index contributed by atoms with van der Waals surface area (Å²) in [6.07, 6.45) is 8.14. The second-order valence-corrected chi connectivity index (χ2v) is 6.11. The Kier molecular flexibility index (Phi) is 4.29. The van der Waals surface area contributed by atoms with E-state index in [-0.39, 0.29) is 5.92 Å². The number of nitrogens with zero attached hydrogens (tertiary/aromatic N) is 1. The first kappa shape index (κ1) is 13.8. The average Bonchev–Trinajstić information content (AvgIpc) is 2.33. The smallest absolute Gasteiger partial charge is 0.0902 e. The Bertz CT molecular complexity index is 315. The van der Waals surface area contributed by atoms with Crippen LogP contribution in [-0.4, -0.2) is 23.9 Å². The van der Waals surface area contributed by atoms with E-state index in [9.17, 15) is 10.4 Å².